The summed E-state index contributed by atoms with van der Waals surface area (Å²) in [6.45, 7) is 2.58. The quantitative estimate of drug-likeness (QED) is 0.838. The van der Waals surface area contributed by atoms with Crippen molar-refractivity contribution in [2.75, 3.05) is 18.5 Å². The molecule has 0 unspecified atom stereocenters. The predicted molar refractivity (Wildman–Crippen MR) is 95.8 cm³/mol. The van der Waals surface area contributed by atoms with E-state index in [2.05, 4.69) is 0 Å². The van der Waals surface area contributed by atoms with Crippen molar-refractivity contribution < 1.29 is 13.2 Å². The average Bonchev–Trinajstić information content (AvgIpc) is 3.06. The van der Waals surface area contributed by atoms with Gasteiger partial charge < -0.3 is 4.90 Å². The fourth-order valence-electron chi connectivity index (χ4n) is 2.95. The summed E-state index contributed by atoms with van der Waals surface area (Å²) in [5.41, 5.74) is 1.75. The standard InChI is InChI=1S/C17H20N2O3S2/c1-13(20)19-9-3-5-14-11-16(7-8-17(14)19)24(21,22)18(2)12-15-6-4-10-23-15/h4,6-8,10-11H,3,5,9,12H2,1-2H3. The van der Waals surface area contributed by atoms with Gasteiger partial charge in [-0.25, -0.2) is 8.42 Å². The molecule has 0 spiro atoms. The van der Waals surface area contributed by atoms with Crippen LogP contribution in [0.15, 0.2) is 40.6 Å². The molecule has 3 rings (SSSR count). The number of nitrogens with zero attached hydrogens (tertiary/aromatic N) is 2. The molecule has 0 N–H and O–H groups in total. The minimum Gasteiger partial charge on any atom is -0.312 e. The minimum atomic E-state index is -3.55. The molecule has 128 valence electrons. The number of sulfonamides is 1. The number of hydrogen-bond acceptors (Lipinski definition) is 4. The predicted octanol–water partition coefficient (Wildman–Crippen LogP) is 2.87. The lowest BCUT2D eigenvalue weighted by atomic mass is 10.0. The molecule has 7 heteroatoms. The highest BCUT2D eigenvalue weighted by atomic mass is 32.2. The Morgan fingerprint density at radius 3 is 2.79 bits per heavy atom. The zero-order chi connectivity index (χ0) is 17.3. The van der Waals surface area contributed by atoms with Gasteiger partial charge in [-0.15, -0.1) is 11.3 Å². The van der Waals surface area contributed by atoms with Crippen LogP contribution in [-0.2, 0) is 27.8 Å². The summed E-state index contributed by atoms with van der Waals surface area (Å²) < 4.78 is 27.0. The molecule has 2 aromatic rings. The van der Waals surface area contributed by atoms with E-state index >= 15 is 0 Å². The van der Waals surface area contributed by atoms with Gasteiger partial charge in [-0.05, 0) is 48.1 Å². The number of benzene rings is 1. The van der Waals surface area contributed by atoms with Crippen LogP contribution in [0.25, 0.3) is 0 Å². The molecule has 0 saturated carbocycles. The third-order valence-electron chi connectivity index (χ3n) is 4.22. The van der Waals surface area contributed by atoms with Crippen LogP contribution in [0.3, 0.4) is 0 Å². The van der Waals surface area contributed by atoms with Crippen LogP contribution in [0.4, 0.5) is 5.69 Å². The number of carbonyl (C=O) groups excluding carboxylic acids is 1. The number of aryl methyl sites for hydroxylation is 1. The maximum atomic E-state index is 12.8. The normalized spacial score (nSPS) is 14.7. The summed E-state index contributed by atoms with van der Waals surface area (Å²) in [5.74, 6) is -0.0126. The van der Waals surface area contributed by atoms with E-state index in [9.17, 15) is 13.2 Å². The van der Waals surface area contributed by atoms with Gasteiger partial charge in [-0.3, -0.25) is 4.79 Å². The zero-order valence-corrected chi connectivity index (χ0v) is 15.4. The third-order valence-corrected chi connectivity index (χ3v) is 6.88. The van der Waals surface area contributed by atoms with Crippen molar-refractivity contribution in [2.45, 2.75) is 31.2 Å². The highest BCUT2D eigenvalue weighted by molar-refractivity contribution is 7.89. The number of fused-ring (bicyclic) bond motifs is 1. The molecule has 1 aromatic carbocycles. The zero-order valence-electron chi connectivity index (χ0n) is 13.7. The molecular weight excluding hydrogens is 344 g/mol. The Morgan fingerprint density at radius 1 is 1.33 bits per heavy atom. The Hall–Kier alpha value is -1.70. The molecule has 1 aliphatic heterocycles. The Kier molecular flexibility index (Phi) is 4.76. The molecule has 0 atom stereocenters. The number of anilines is 1. The smallest absolute Gasteiger partial charge is 0.243 e. The van der Waals surface area contributed by atoms with Crippen molar-refractivity contribution in [1.82, 2.24) is 4.31 Å². The SMILES string of the molecule is CC(=O)N1CCCc2cc(S(=O)(=O)N(C)Cc3cccs3)ccc21. The summed E-state index contributed by atoms with van der Waals surface area (Å²) in [4.78, 5) is 14.7. The van der Waals surface area contributed by atoms with Gasteiger partial charge in [0.1, 0.15) is 0 Å². The Morgan fingerprint density at radius 2 is 2.12 bits per heavy atom. The molecule has 2 heterocycles. The second-order valence-corrected chi connectivity index (χ2v) is 8.98. The van der Waals surface area contributed by atoms with E-state index in [0.717, 1.165) is 29.0 Å². The Labute approximate surface area is 146 Å². The fraction of sp³-hybridized carbons (Fsp3) is 0.353. The van der Waals surface area contributed by atoms with Crippen LogP contribution in [0.1, 0.15) is 23.8 Å². The molecular formula is C17H20N2O3S2. The first-order valence-corrected chi connectivity index (χ1v) is 10.1. The number of hydrogen-bond donors (Lipinski definition) is 0. The van der Waals surface area contributed by atoms with Gasteiger partial charge in [0.25, 0.3) is 0 Å². The first-order chi connectivity index (χ1) is 11.4. The van der Waals surface area contributed by atoms with E-state index in [0.29, 0.717) is 13.1 Å². The number of carbonyl (C=O) groups is 1. The van der Waals surface area contributed by atoms with E-state index < -0.39 is 10.0 Å². The molecule has 0 saturated heterocycles. The lowest BCUT2D eigenvalue weighted by molar-refractivity contribution is -0.116. The summed E-state index contributed by atoms with van der Waals surface area (Å²) in [5, 5.41) is 1.94. The summed E-state index contributed by atoms with van der Waals surface area (Å²) >= 11 is 1.54. The molecule has 1 aromatic heterocycles. The van der Waals surface area contributed by atoms with Crippen molar-refractivity contribution in [1.29, 1.82) is 0 Å². The lowest BCUT2D eigenvalue weighted by Gasteiger charge is -2.29. The number of rotatable bonds is 4. The summed E-state index contributed by atoms with van der Waals surface area (Å²) in [7, 11) is -1.96. The molecule has 0 aliphatic carbocycles. The van der Waals surface area contributed by atoms with Crippen LogP contribution in [0, 0.1) is 0 Å². The van der Waals surface area contributed by atoms with Crippen LogP contribution in [-0.4, -0.2) is 32.2 Å². The molecule has 24 heavy (non-hydrogen) atoms. The van der Waals surface area contributed by atoms with Gasteiger partial charge in [0.05, 0.1) is 4.90 Å². The van der Waals surface area contributed by atoms with E-state index in [1.54, 1.807) is 30.1 Å². The largest absolute Gasteiger partial charge is 0.312 e. The summed E-state index contributed by atoms with van der Waals surface area (Å²) in [6, 6.07) is 8.90. The molecule has 1 amide bonds. The van der Waals surface area contributed by atoms with Crippen molar-refractivity contribution in [2.24, 2.45) is 0 Å². The average molecular weight is 364 g/mol. The van der Waals surface area contributed by atoms with E-state index in [1.165, 1.54) is 22.6 Å². The number of amides is 1. The number of thiophene rings is 1. The molecule has 1 aliphatic rings. The van der Waals surface area contributed by atoms with E-state index in [4.69, 9.17) is 0 Å². The van der Waals surface area contributed by atoms with Gasteiger partial charge in [0.2, 0.25) is 15.9 Å². The molecule has 0 radical (unpaired) electrons. The monoisotopic (exact) mass is 364 g/mol. The molecule has 0 fully saturated rings. The second-order valence-electron chi connectivity index (χ2n) is 5.91. The van der Waals surface area contributed by atoms with Gasteiger partial charge in [-0.2, -0.15) is 4.31 Å². The third kappa shape index (κ3) is 3.24. The van der Waals surface area contributed by atoms with Crippen LogP contribution in [0.2, 0.25) is 0 Å². The Balaban J connectivity index is 1.90. The van der Waals surface area contributed by atoms with Crippen LogP contribution < -0.4 is 4.90 Å². The van der Waals surface area contributed by atoms with Crippen LogP contribution in [0.5, 0.6) is 0 Å². The maximum absolute atomic E-state index is 12.8. The Bertz CT molecular complexity index is 845. The van der Waals surface area contributed by atoms with E-state index in [-0.39, 0.29) is 10.8 Å². The maximum Gasteiger partial charge on any atom is 0.243 e. The highest BCUT2D eigenvalue weighted by Gasteiger charge is 2.25. The van der Waals surface area contributed by atoms with Crippen molar-refractivity contribution in [3.05, 3.63) is 46.2 Å². The molecule has 0 bridgehead atoms. The van der Waals surface area contributed by atoms with Crippen molar-refractivity contribution in [3.8, 4) is 0 Å². The van der Waals surface area contributed by atoms with Gasteiger partial charge in [-0.1, -0.05) is 6.07 Å². The van der Waals surface area contributed by atoms with Gasteiger partial charge in [0, 0.05) is 37.6 Å². The fourth-order valence-corrected chi connectivity index (χ4v) is 4.99. The molecule has 5 nitrogen and oxygen atoms in total. The summed E-state index contributed by atoms with van der Waals surface area (Å²) in [6.07, 6.45) is 1.64. The van der Waals surface area contributed by atoms with Crippen LogP contribution >= 0.6 is 11.3 Å². The lowest BCUT2D eigenvalue weighted by Crippen LogP contribution is -2.33. The van der Waals surface area contributed by atoms with Crippen molar-refractivity contribution in [3.63, 3.8) is 0 Å². The van der Waals surface area contributed by atoms with Gasteiger partial charge in [0.15, 0.2) is 0 Å². The van der Waals surface area contributed by atoms with Crippen molar-refractivity contribution >= 4 is 33.0 Å². The highest BCUT2D eigenvalue weighted by Crippen LogP contribution is 2.30. The topological polar surface area (TPSA) is 57.7 Å². The first-order valence-electron chi connectivity index (χ1n) is 7.79. The van der Waals surface area contributed by atoms with Gasteiger partial charge >= 0.3 is 0 Å². The van der Waals surface area contributed by atoms with E-state index in [1.807, 2.05) is 17.5 Å². The minimum absolute atomic E-state index is 0.0126. The first kappa shape index (κ1) is 17.1. The second kappa shape index (κ2) is 6.66.